The van der Waals surface area contributed by atoms with Gasteiger partial charge in [-0.3, -0.25) is 4.79 Å². The molecule has 0 N–H and O–H groups in total. The Bertz CT molecular complexity index is 970. The molecule has 0 saturated carbocycles. The Labute approximate surface area is 175 Å². The maximum atomic E-state index is 13.2. The topological polar surface area (TPSA) is 66.9 Å². The van der Waals surface area contributed by atoms with Crippen LogP contribution in [0, 0.1) is 0 Å². The van der Waals surface area contributed by atoms with Crippen molar-refractivity contribution in [3.05, 3.63) is 60.2 Å². The van der Waals surface area contributed by atoms with Crippen LogP contribution < -0.4 is 4.74 Å². The first-order chi connectivity index (χ1) is 14.0. The summed E-state index contributed by atoms with van der Waals surface area (Å²) in [6.07, 6.45) is 1.26. The number of piperidine rings is 1. The molecule has 0 aliphatic carbocycles. The van der Waals surface area contributed by atoms with Crippen LogP contribution >= 0.6 is 11.8 Å². The summed E-state index contributed by atoms with van der Waals surface area (Å²) in [4.78, 5) is 15.1. The summed E-state index contributed by atoms with van der Waals surface area (Å²) in [5.74, 6) is 1.58. The Balaban J connectivity index is 1.50. The fourth-order valence-electron chi connectivity index (χ4n) is 4.02. The van der Waals surface area contributed by atoms with Gasteiger partial charge in [-0.1, -0.05) is 18.2 Å². The maximum Gasteiger partial charge on any atom is 0.255 e. The second-order valence-electron chi connectivity index (χ2n) is 7.20. The van der Waals surface area contributed by atoms with Gasteiger partial charge in [0, 0.05) is 31.0 Å². The molecule has 154 valence electrons. The summed E-state index contributed by atoms with van der Waals surface area (Å²) < 4.78 is 32.5. The molecule has 2 aromatic rings. The fourth-order valence-corrected chi connectivity index (χ4v) is 6.93. The largest absolute Gasteiger partial charge is 0.497 e. The Morgan fingerprint density at radius 1 is 1.00 bits per heavy atom. The van der Waals surface area contributed by atoms with E-state index in [0.717, 1.165) is 5.75 Å². The van der Waals surface area contributed by atoms with Crippen LogP contribution in [0.1, 0.15) is 23.2 Å². The summed E-state index contributed by atoms with van der Waals surface area (Å²) in [5.41, 5.74) is 0.631. The van der Waals surface area contributed by atoms with Gasteiger partial charge in [-0.15, -0.1) is 11.8 Å². The number of nitrogens with zero attached hydrogens (tertiary/aromatic N) is 2. The minimum Gasteiger partial charge on any atom is -0.497 e. The lowest BCUT2D eigenvalue weighted by Crippen LogP contribution is -2.53. The molecule has 0 aromatic heterocycles. The van der Waals surface area contributed by atoms with E-state index in [4.69, 9.17) is 4.74 Å². The van der Waals surface area contributed by atoms with Gasteiger partial charge < -0.3 is 9.64 Å². The van der Waals surface area contributed by atoms with Crippen molar-refractivity contribution in [2.24, 2.45) is 0 Å². The van der Waals surface area contributed by atoms with E-state index in [9.17, 15) is 13.2 Å². The van der Waals surface area contributed by atoms with Crippen molar-refractivity contribution < 1.29 is 17.9 Å². The summed E-state index contributed by atoms with van der Waals surface area (Å²) in [6, 6.07) is 15.7. The first-order valence-electron chi connectivity index (χ1n) is 9.61. The van der Waals surface area contributed by atoms with Gasteiger partial charge >= 0.3 is 0 Å². The van der Waals surface area contributed by atoms with Crippen LogP contribution in [0.4, 0.5) is 0 Å². The van der Waals surface area contributed by atoms with Gasteiger partial charge in [-0.25, -0.2) is 8.42 Å². The molecular formula is C21H24N2O4S2. The van der Waals surface area contributed by atoms with Crippen LogP contribution in [0.2, 0.25) is 0 Å². The molecule has 0 atom stereocenters. The average molecular weight is 433 g/mol. The highest BCUT2D eigenvalue weighted by atomic mass is 32.2. The van der Waals surface area contributed by atoms with Gasteiger partial charge in [0.25, 0.3) is 5.91 Å². The Hall–Kier alpha value is -2.03. The Kier molecular flexibility index (Phi) is 5.59. The van der Waals surface area contributed by atoms with Crippen LogP contribution in [0.3, 0.4) is 0 Å². The number of ether oxygens (including phenoxy) is 1. The van der Waals surface area contributed by atoms with Crippen LogP contribution in [0.5, 0.6) is 5.75 Å². The highest BCUT2D eigenvalue weighted by molar-refractivity contribution is 8.00. The smallest absolute Gasteiger partial charge is 0.255 e. The van der Waals surface area contributed by atoms with E-state index in [1.165, 1.54) is 0 Å². The zero-order valence-electron chi connectivity index (χ0n) is 16.3. The number of methoxy groups -OCH3 is 1. The van der Waals surface area contributed by atoms with Crippen LogP contribution in [0.15, 0.2) is 59.5 Å². The van der Waals surface area contributed by atoms with Crippen molar-refractivity contribution in [3.63, 3.8) is 0 Å². The van der Waals surface area contributed by atoms with E-state index in [0.29, 0.717) is 48.7 Å². The predicted molar refractivity (Wildman–Crippen MR) is 114 cm³/mol. The molecule has 29 heavy (non-hydrogen) atoms. The third-order valence-electron chi connectivity index (χ3n) is 5.64. The molecule has 2 aliphatic rings. The normalized spacial score (nSPS) is 19.4. The van der Waals surface area contributed by atoms with E-state index in [2.05, 4.69) is 0 Å². The van der Waals surface area contributed by atoms with Crippen molar-refractivity contribution in [1.29, 1.82) is 0 Å². The SMILES string of the molecule is COc1ccc(C(=O)N2CCSC23CCN(S(=O)(=O)c2ccccc2)CC3)cc1. The summed E-state index contributed by atoms with van der Waals surface area (Å²) in [6.45, 7) is 1.51. The monoisotopic (exact) mass is 432 g/mol. The number of amides is 1. The number of hydrogen-bond acceptors (Lipinski definition) is 5. The van der Waals surface area contributed by atoms with E-state index < -0.39 is 10.0 Å². The van der Waals surface area contributed by atoms with Crippen molar-refractivity contribution in [2.45, 2.75) is 22.6 Å². The number of benzene rings is 2. The molecule has 2 aromatic carbocycles. The number of carbonyl (C=O) groups is 1. The highest BCUT2D eigenvalue weighted by Gasteiger charge is 2.48. The molecule has 0 bridgehead atoms. The molecule has 2 fully saturated rings. The van der Waals surface area contributed by atoms with E-state index in [-0.39, 0.29) is 10.8 Å². The van der Waals surface area contributed by atoms with Gasteiger partial charge in [0.05, 0.1) is 16.9 Å². The molecule has 0 radical (unpaired) electrons. The van der Waals surface area contributed by atoms with Crippen LogP contribution in [-0.4, -0.2) is 60.9 Å². The number of carbonyl (C=O) groups excluding carboxylic acids is 1. The molecule has 2 heterocycles. The lowest BCUT2D eigenvalue weighted by atomic mass is 10.0. The lowest BCUT2D eigenvalue weighted by Gasteiger charge is -2.43. The van der Waals surface area contributed by atoms with E-state index in [1.54, 1.807) is 71.7 Å². The van der Waals surface area contributed by atoms with Crippen LogP contribution in [0.25, 0.3) is 0 Å². The van der Waals surface area contributed by atoms with E-state index in [1.807, 2.05) is 11.0 Å². The molecule has 6 nitrogen and oxygen atoms in total. The lowest BCUT2D eigenvalue weighted by molar-refractivity contribution is 0.0605. The quantitative estimate of drug-likeness (QED) is 0.743. The van der Waals surface area contributed by atoms with Gasteiger partial charge in [-0.05, 0) is 49.2 Å². The minimum atomic E-state index is -3.50. The van der Waals surface area contributed by atoms with Gasteiger partial charge in [0.2, 0.25) is 10.0 Å². The Morgan fingerprint density at radius 2 is 1.66 bits per heavy atom. The van der Waals surface area contributed by atoms with Crippen molar-refractivity contribution in [2.75, 3.05) is 32.5 Å². The molecular weight excluding hydrogens is 408 g/mol. The first kappa shape index (κ1) is 20.3. The molecule has 4 rings (SSSR count). The second kappa shape index (κ2) is 8.01. The van der Waals surface area contributed by atoms with Gasteiger partial charge in [0.1, 0.15) is 5.75 Å². The molecule has 0 unspecified atom stereocenters. The van der Waals surface area contributed by atoms with Gasteiger partial charge in [-0.2, -0.15) is 4.31 Å². The fraction of sp³-hybridized carbons (Fsp3) is 0.381. The number of sulfonamides is 1. The molecule has 2 aliphatic heterocycles. The van der Waals surface area contributed by atoms with Crippen molar-refractivity contribution in [1.82, 2.24) is 9.21 Å². The Morgan fingerprint density at radius 3 is 2.28 bits per heavy atom. The third-order valence-corrected chi connectivity index (χ3v) is 9.11. The third kappa shape index (κ3) is 3.76. The zero-order valence-corrected chi connectivity index (χ0v) is 17.9. The first-order valence-corrected chi connectivity index (χ1v) is 12.0. The maximum absolute atomic E-state index is 13.2. The zero-order chi connectivity index (χ0) is 20.5. The number of hydrogen-bond donors (Lipinski definition) is 0. The van der Waals surface area contributed by atoms with Crippen LogP contribution in [-0.2, 0) is 10.0 Å². The van der Waals surface area contributed by atoms with Crippen molar-refractivity contribution in [3.8, 4) is 5.75 Å². The molecule has 1 amide bonds. The minimum absolute atomic E-state index is 0.00276. The number of rotatable bonds is 4. The average Bonchev–Trinajstić information content (AvgIpc) is 3.17. The summed E-state index contributed by atoms with van der Waals surface area (Å²) in [7, 11) is -1.90. The predicted octanol–water partition coefficient (Wildman–Crippen LogP) is 3.07. The van der Waals surface area contributed by atoms with Gasteiger partial charge in [0.15, 0.2) is 0 Å². The van der Waals surface area contributed by atoms with Crippen molar-refractivity contribution >= 4 is 27.7 Å². The molecule has 1 spiro atoms. The summed E-state index contributed by atoms with van der Waals surface area (Å²) >= 11 is 1.77. The second-order valence-corrected chi connectivity index (χ2v) is 10.6. The van der Waals surface area contributed by atoms with E-state index >= 15 is 0 Å². The number of thioether (sulfide) groups is 1. The highest BCUT2D eigenvalue weighted by Crippen LogP contribution is 2.45. The standard InChI is InChI=1S/C21H24N2O4S2/c1-27-18-9-7-17(8-10-18)20(24)23-15-16-28-21(23)11-13-22(14-12-21)29(25,26)19-5-3-2-4-6-19/h2-10H,11-16H2,1H3. The molecule has 8 heteroatoms. The summed E-state index contributed by atoms with van der Waals surface area (Å²) in [5, 5.41) is 0. The molecule has 2 saturated heterocycles.